The van der Waals surface area contributed by atoms with Gasteiger partial charge in [-0.2, -0.15) is 0 Å². The summed E-state index contributed by atoms with van der Waals surface area (Å²) in [6.07, 6.45) is 0.795. The smallest absolute Gasteiger partial charge is 0.340 e. The molecule has 0 spiro atoms. The number of nitrogens with two attached hydrogens (primary N) is 1. The van der Waals surface area contributed by atoms with Crippen molar-refractivity contribution >= 4 is 17.4 Å². The monoisotopic (exact) mass is 386 g/mol. The van der Waals surface area contributed by atoms with E-state index in [4.69, 9.17) is 15.2 Å². The molecule has 0 fully saturated rings. The number of carbonyl (C=O) groups is 2. The lowest BCUT2D eigenvalue weighted by Gasteiger charge is -2.37. The van der Waals surface area contributed by atoms with Crippen molar-refractivity contribution in [2.45, 2.75) is 39.5 Å². The van der Waals surface area contributed by atoms with Crippen molar-refractivity contribution in [3.05, 3.63) is 62.7 Å². The highest BCUT2D eigenvalue weighted by Gasteiger charge is 2.45. The van der Waals surface area contributed by atoms with Gasteiger partial charge in [0.15, 0.2) is 5.78 Å². The quantitative estimate of drug-likeness (QED) is 0.479. The maximum atomic E-state index is 13.0. The third kappa shape index (κ3) is 3.49. The van der Waals surface area contributed by atoms with Crippen LogP contribution in [0.4, 0.5) is 5.69 Å². The number of ether oxygens (including phenoxy) is 2. The van der Waals surface area contributed by atoms with E-state index in [1.54, 1.807) is 6.92 Å². The molecule has 0 saturated carbocycles. The molecular weight excluding hydrogens is 364 g/mol. The van der Waals surface area contributed by atoms with Crippen molar-refractivity contribution in [3.8, 4) is 0 Å². The van der Waals surface area contributed by atoms with E-state index in [0.29, 0.717) is 29.7 Å². The normalized spacial score (nSPS) is 21.1. The molecule has 1 heterocycles. The zero-order valence-electron chi connectivity index (χ0n) is 16.0. The summed E-state index contributed by atoms with van der Waals surface area (Å²) in [6, 6.07) is 5.72. The van der Waals surface area contributed by atoms with E-state index in [-0.39, 0.29) is 34.9 Å². The average Bonchev–Trinajstić information content (AvgIpc) is 2.59. The number of carbonyl (C=O) groups excluding carboxylic acids is 2. The van der Waals surface area contributed by atoms with Gasteiger partial charge < -0.3 is 15.2 Å². The summed E-state index contributed by atoms with van der Waals surface area (Å²) in [6.45, 7) is 5.72. The minimum absolute atomic E-state index is 0.0440. The van der Waals surface area contributed by atoms with Crippen LogP contribution < -0.4 is 5.73 Å². The maximum Gasteiger partial charge on any atom is 0.340 e. The summed E-state index contributed by atoms with van der Waals surface area (Å²) in [4.78, 5) is 36.0. The van der Waals surface area contributed by atoms with E-state index < -0.39 is 16.8 Å². The van der Waals surface area contributed by atoms with Crippen LogP contribution in [-0.4, -0.2) is 23.3 Å². The van der Waals surface area contributed by atoms with Crippen LogP contribution in [0.3, 0.4) is 0 Å². The highest BCUT2D eigenvalue weighted by atomic mass is 16.6. The van der Waals surface area contributed by atoms with Gasteiger partial charge in [0, 0.05) is 30.5 Å². The Balaban J connectivity index is 2.16. The SMILES string of the molecule is CCOC(=O)C1=C(N)OC2=C(C(=O)CC(C)(C)C2)[C@H]1c1ccc([N+](=O)[O-])cc1. The molecule has 8 nitrogen and oxygen atoms in total. The Morgan fingerprint density at radius 1 is 1.32 bits per heavy atom. The second kappa shape index (κ2) is 7.10. The number of hydrogen-bond acceptors (Lipinski definition) is 7. The predicted molar refractivity (Wildman–Crippen MR) is 99.8 cm³/mol. The molecule has 0 amide bonds. The number of esters is 1. The first-order chi connectivity index (χ1) is 13.1. The van der Waals surface area contributed by atoms with Crippen LogP contribution in [0.15, 0.2) is 47.1 Å². The molecule has 8 heteroatoms. The lowest BCUT2D eigenvalue weighted by molar-refractivity contribution is -0.384. The van der Waals surface area contributed by atoms with Gasteiger partial charge in [-0.25, -0.2) is 4.79 Å². The fourth-order valence-corrected chi connectivity index (χ4v) is 3.71. The number of non-ortho nitro benzene ring substituents is 1. The van der Waals surface area contributed by atoms with Crippen LogP contribution in [0.5, 0.6) is 0 Å². The van der Waals surface area contributed by atoms with Crippen LogP contribution in [0.1, 0.15) is 45.1 Å². The number of allylic oxidation sites excluding steroid dienone is 2. The Morgan fingerprint density at radius 3 is 2.54 bits per heavy atom. The summed E-state index contributed by atoms with van der Waals surface area (Å²) in [7, 11) is 0. The van der Waals surface area contributed by atoms with E-state index in [1.807, 2.05) is 13.8 Å². The first-order valence-corrected chi connectivity index (χ1v) is 9.00. The maximum absolute atomic E-state index is 13.0. The number of benzene rings is 1. The summed E-state index contributed by atoms with van der Waals surface area (Å²) < 4.78 is 10.8. The summed E-state index contributed by atoms with van der Waals surface area (Å²) in [5, 5.41) is 11.0. The van der Waals surface area contributed by atoms with Crippen LogP contribution in [-0.2, 0) is 19.1 Å². The van der Waals surface area contributed by atoms with Gasteiger partial charge in [0.05, 0.1) is 17.4 Å². The number of nitro groups is 1. The van der Waals surface area contributed by atoms with Crippen LogP contribution >= 0.6 is 0 Å². The van der Waals surface area contributed by atoms with Crippen LogP contribution in [0, 0.1) is 15.5 Å². The molecule has 2 aliphatic rings. The Bertz CT molecular complexity index is 911. The van der Waals surface area contributed by atoms with Crippen molar-refractivity contribution in [2.75, 3.05) is 6.61 Å². The van der Waals surface area contributed by atoms with Gasteiger partial charge in [-0.15, -0.1) is 0 Å². The Labute approximate surface area is 162 Å². The lowest BCUT2D eigenvalue weighted by atomic mass is 9.70. The molecule has 3 rings (SSSR count). The van der Waals surface area contributed by atoms with Gasteiger partial charge >= 0.3 is 5.97 Å². The lowest BCUT2D eigenvalue weighted by Crippen LogP contribution is -2.35. The van der Waals surface area contributed by atoms with Crippen molar-refractivity contribution in [3.63, 3.8) is 0 Å². The van der Waals surface area contributed by atoms with Gasteiger partial charge in [-0.05, 0) is 17.9 Å². The molecular formula is C20H22N2O6. The zero-order chi connectivity index (χ0) is 20.6. The van der Waals surface area contributed by atoms with Crippen molar-refractivity contribution in [1.82, 2.24) is 0 Å². The molecule has 0 unspecified atom stereocenters. The number of rotatable bonds is 4. The van der Waals surface area contributed by atoms with Crippen molar-refractivity contribution in [1.29, 1.82) is 0 Å². The summed E-state index contributed by atoms with van der Waals surface area (Å²) in [5.41, 5.74) is 6.63. The molecule has 1 aromatic carbocycles. The number of hydrogen-bond donors (Lipinski definition) is 1. The zero-order valence-corrected chi connectivity index (χ0v) is 16.0. The van der Waals surface area contributed by atoms with E-state index in [2.05, 4.69) is 0 Å². The fraction of sp³-hybridized carbons (Fsp3) is 0.400. The third-order valence-electron chi connectivity index (χ3n) is 4.89. The number of ketones is 1. The first-order valence-electron chi connectivity index (χ1n) is 9.00. The minimum atomic E-state index is -0.785. The molecule has 1 aliphatic heterocycles. The van der Waals surface area contributed by atoms with E-state index >= 15 is 0 Å². The third-order valence-corrected chi connectivity index (χ3v) is 4.89. The second-order valence-corrected chi connectivity index (χ2v) is 7.66. The van der Waals surface area contributed by atoms with Gasteiger partial charge in [-0.1, -0.05) is 26.0 Å². The number of nitro benzene ring substituents is 1. The minimum Gasteiger partial charge on any atom is -0.462 e. The average molecular weight is 386 g/mol. The largest absolute Gasteiger partial charge is 0.462 e. The van der Waals surface area contributed by atoms with Gasteiger partial charge in [0.2, 0.25) is 5.88 Å². The fourth-order valence-electron chi connectivity index (χ4n) is 3.71. The highest BCUT2D eigenvalue weighted by Crippen LogP contribution is 2.48. The summed E-state index contributed by atoms with van der Waals surface area (Å²) >= 11 is 0. The highest BCUT2D eigenvalue weighted by molar-refractivity contribution is 6.03. The van der Waals surface area contributed by atoms with Gasteiger partial charge in [-0.3, -0.25) is 14.9 Å². The molecule has 1 aliphatic carbocycles. The van der Waals surface area contributed by atoms with E-state index in [0.717, 1.165) is 0 Å². The van der Waals surface area contributed by atoms with Gasteiger partial charge in [0.25, 0.3) is 5.69 Å². The van der Waals surface area contributed by atoms with Crippen LogP contribution in [0.2, 0.25) is 0 Å². The predicted octanol–water partition coefficient (Wildman–Crippen LogP) is 3.09. The summed E-state index contributed by atoms with van der Waals surface area (Å²) in [5.74, 6) is -1.26. The Hall–Kier alpha value is -3.16. The van der Waals surface area contributed by atoms with Crippen molar-refractivity contribution in [2.24, 2.45) is 11.1 Å². The molecule has 28 heavy (non-hydrogen) atoms. The second-order valence-electron chi connectivity index (χ2n) is 7.66. The van der Waals surface area contributed by atoms with Gasteiger partial charge in [0.1, 0.15) is 11.3 Å². The molecule has 0 bridgehead atoms. The standard InChI is InChI=1S/C20H22N2O6/c1-4-27-19(24)17-15(11-5-7-12(8-6-11)22(25)26)16-13(23)9-20(2,3)10-14(16)28-18(17)21/h5-8,15H,4,9-10,21H2,1-3H3/t15-/m1/s1. The molecule has 148 valence electrons. The molecule has 0 aromatic heterocycles. The Morgan fingerprint density at radius 2 is 1.96 bits per heavy atom. The van der Waals surface area contributed by atoms with E-state index in [1.165, 1.54) is 24.3 Å². The number of Topliss-reactive ketones (excluding diaryl/α,β-unsaturated/α-hetero) is 1. The molecule has 1 atom stereocenters. The first kappa shape index (κ1) is 19.6. The number of nitrogens with zero attached hydrogens (tertiary/aromatic N) is 1. The molecule has 2 N–H and O–H groups in total. The van der Waals surface area contributed by atoms with E-state index in [9.17, 15) is 19.7 Å². The van der Waals surface area contributed by atoms with Crippen molar-refractivity contribution < 1.29 is 24.0 Å². The van der Waals surface area contributed by atoms with Crippen LogP contribution in [0.25, 0.3) is 0 Å². The topological polar surface area (TPSA) is 122 Å². The molecule has 0 radical (unpaired) electrons. The Kier molecular flexibility index (Phi) is 4.97. The molecule has 1 aromatic rings. The molecule has 0 saturated heterocycles.